The molecule has 0 radical (unpaired) electrons. The summed E-state index contributed by atoms with van der Waals surface area (Å²) in [5, 5.41) is 4.02. The Morgan fingerprint density at radius 2 is 2.16 bits per heavy atom. The summed E-state index contributed by atoms with van der Waals surface area (Å²) in [6, 6.07) is 5.73. The molecular weight excluding hydrogens is 240 g/mol. The minimum absolute atomic E-state index is 0.00209. The van der Waals surface area contributed by atoms with E-state index in [0.717, 1.165) is 16.6 Å². The average Bonchev–Trinajstić information content (AvgIpc) is 2.65. The van der Waals surface area contributed by atoms with Crippen LogP contribution < -0.4 is 5.32 Å². The van der Waals surface area contributed by atoms with Crippen LogP contribution in [0.25, 0.3) is 10.9 Å². The number of carbonyl (C=O) groups is 1. The number of aromatic nitrogens is 1. The summed E-state index contributed by atoms with van der Waals surface area (Å²) in [5.41, 5.74) is 4.07. The Kier molecular flexibility index (Phi) is 3.90. The van der Waals surface area contributed by atoms with Crippen LogP contribution in [0.4, 0.5) is 0 Å². The monoisotopic (exact) mass is 260 g/mol. The zero-order valence-corrected chi connectivity index (χ0v) is 11.8. The SMILES string of the molecule is COC[C@H](C)NC(=O)c1ccc2[nH]c(C)c(C)c2c1. The normalized spacial score (nSPS) is 12.6. The average molecular weight is 260 g/mol. The maximum atomic E-state index is 12.1. The number of carbonyl (C=O) groups excluding carboxylic acids is 1. The Morgan fingerprint density at radius 1 is 1.42 bits per heavy atom. The van der Waals surface area contributed by atoms with E-state index in [9.17, 15) is 4.79 Å². The van der Waals surface area contributed by atoms with Crippen molar-refractivity contribution < 1.29 is 9.53 Å². The molecule has 1 amide bonds. The Hall–Kier alpha value is -1.81. The quantitative estimate of drug-likeness (QED) is 0.887. The molecule has 102 valence electrons. The summed E-state index contributed by atoms with van der Waals surface area (Å²) in [7, 11) is 1.63. The van der Waals surface area contributed by atoms with Gasteiger partial charge in [-0.25, -0.2) is 0 Å². The van der Waals surface area contributed by atoms with Gasteiger partial charge >= 0.3 is 0 Å². The molecule has 0 fully saturated rings. The van der Waals surface area contributed by atoms with E-state index in [1.807, 2.05) is 32.0 Å². The molecule has 4 heteroatoms. The number of hydrogen-bond acceptors (Lipinski definition) is 2. The maximum absolute atomic E-state index is 12.1. The predicted molar refractivity (Wildman–Crippen MR) is 76.6 cm³/mol. The highest BCUT2D eigenvalue weighted by atomic mass is 16.5. The van der Waals surface area contributed by atoms with Crippen LogP contribution >= 0.6 is 0 Å². The number of H-pyrrole nitrogens is 1. The van der Waals surface area contributed by atoms with Gasteiger partial charge < -0.3 is 15.0 Å². The van der Waals surface area contributed by atoms with Crippen LogP contribution in [0, 0.1) is 13.8 Å². The number of aromatic amines is 1. The van der Waals surface area contributed by atoms with Gasteiger partial charge in [-0.1, -0.05) is 0 Å². The highest BCUT2D eigenvalue weighted by molar-refractivity contribution is 5.99. The first-order chi connectivity index (χ1) is 9.02. The van der Waals surface area contributed by atoms with Crippen LogP contribution in [0.15, 0.2) is 18.2 Å². The summed E-state index contributed by atoms with van der Waals surface area (Å²) in [4.78, 5) is 15.4. The third kappa shape index (κ3) is 2.79. The zero-order chi connectivity index (χ0) is 14.0. The van der Waals surface area contributed by atoms with Crippen LogP contribution in [-0.2, 0) is 4.74 Å². The number of methoxy groups -OCH3 is 1. The zero-order valence-electron chi connectivity index (χ0n) is 11.8. The second-order valence-electron chi connectivity index (χ2n) is 4.97. The van der Waals surface area contributed by atoms with Gasteiger partial charge in [0.1, 0.15) is 0 Å². The largest absolute Gasteiger partial charge is 0.383 e. The van der Waals surface area contributed by atoms with E-state index in [-0.39, 0.29) is 11.9 Å². The van der Waals surface area contributed by atoms with Crippen molar-refractivity contribution in [3.63, 3.8) is 0 Å². The Balaban J connectivity index is 2.25. The van der Waals surface area contributed by atoms with Crippen LogP contribution in [0.2, 0.25) is 0 Å². The van der Waals surface area contributed by atoms with Crippen molar-refractivity contribution >= 4 is 16.8 Å². The third-order valence-corrected chi connectivity index (χ3v) is 3.36. The molecule has 1 aromatic carbocycles. The van der Waals surface area contributed by atoms with Crippen LogP contribution in [0.5, 0.6) is 0 Å². The van der Waals surface area contributed by atoms with Crippen LogP contribution in [0.3, 0.4) is 0 Å². The molecule has 19 heavy (non-hydrogen) atoms. The van der Waals surface area contributed by atoms with E-state index in [1.165, 1.54) is 5.56 Å². The lowest BCUT2D eigenvalue weighted by atomic mass is 10.1. The van der Waals surface area contributed by atoms with Gasteiger partial charge in [0.25, 0.3) is 5.91 Å². The Labute approximate surface area is 113 Å². The molecule has 0 aliphatic heterocycles. The number of ether oxygens (including phenoxy) is 1. The molecule has 0 saturated carbocycles. The Bertz CT molecular complexity index is 601. The van der Waals surface area contributed by atoms with Crippen molar-refractivity contribution in [2.24, 2.45) is 0 Å². The highest BCUT2D eigenvalue weighted by Gasteiger charge is 2.12. The summed E-state index contributed by atoms with van der Waals surface area (Å²) in [6.07, 6.45) is 0. The fourth-order valence-corrected chi connectivity index (χ4v) is 2.20. The van der Waals surface area contributed by atoms with Gasteiger partial charge in [-0.2, -0.15) is 0 Å². The smallest absolute Gasteiger partial charge is 0.251 e. The van der Waals surface area contributed by atoms with Crippen molar-refractivity contribution in [3.05, 3.63) is 35.0 Å². The molecule has 4 nitrogen and oxygen atoms in total. The molecule has 0 saturated heterocycles. The van der Waals surface area contributed by atoms with Crippen LogP contribution in [0.1, 0.15) is 28.5 Å². The fourth-order valence-electron chi connectivity index (χ4n) is 2.20. The topological polar surface area (TPSA) is 54.1 Å². The minimum Gasteiger partial charge on any atom is -0.383 e. The number of fused-ring (bicyclic) bond motifs is 1. The van der Waals surface area contributed by atoms with Gasteiger partial charge in [-0.05, 0) is 44.5 Å². The van der Waals surface area contributed by atoms with E-state index in [4.69, 9.17) is 4.74 Å². The van der Waals surface area contributed by atoms with E-state index in [1.54, 1.807) is 7.11 Å². The molecule has 0 bridgehead atoms. The number of hydrogen-bond donors (Lipinski definition) is 2. The molecule has 2 N–H and O–H groups in total. The summed E-state index contributed by atoms with van der Waals surface area (Å²) < 4.78 is 5.01. The van der Waals surface area contributed by atoms with Gasteiger partial charge in [-0.15, -0.1) is 0 Å². The van der Waals surface area contributed by atoms with Gasteiger partial charge in [0.05, 0.1) is 6.61 Å². The third-order valence-electron chi connectivity index (χ3n) is 3.36. The molecule has 1 heterocycles. The summed E-state index contributed by atoms with van der Waals surface area (Å²) in [5.74, 6) is -0.0651. The van der Waals surface area contributed by atoms with Crippen molar-refractivity contribution in [1.82, 2.24) is 10.3 Å². The molecule has 0 spiro atoms. The number of rotatable bonds is 4. The van der Waals surface area contributed by atoms with E-state index in [2.05, 4.69) is 17.2 Å². The highest BCUT2D eigenvalue weighted by Crippen LogP contribution is 2.22. The number of aryl methyl sites for hydroxylation is 2. The molecule has 0 aliphatic carbocycles. The first-order valence-electron chi connectivity index (χ1n) is 6.41. The number of nitrogens with one attached hydrogen (secondary N) is 2. The first kappa shape index (κ1) is 13.6. The lowest BCUT2D eigenvalue weighted by molar-refractivity contribution is 0.0905. The molecule has 1 aromatic heterocycles. The summed E-state index contributed by atoms with van der Waals surface area (Å²) >= 11 is 0. The van der Waals surface area contributed by atoms with E-state index < -0.39 is 0 Å². The lowest BCUT2D eigenvalue weighted by Crippen LogP contribution is -2.35. The molecular formula is C15H20N2O2. The number of amides is 1. The number of benzene rings is 1. The van der Waals surface area contributed by atoms with Gasteiger partial charge in [0.15, 0.2) is 0 Å². The molecule has 1 atom stereocenters. The van der Waals surface area contributed by atoms with Gasteiger partial charge in [0, 0.05) is 35.3 Å². The second-order valence-corrected chi connectivity index (χ2v) is 4.97. The van der Waals surface area contributed by atoms with E-state index in [0.29, 0.717) is 12.2 Å². The first-order valence-corrected chi connectivity index (χ1v) is 6.41. The fraction of sp³-hybridized carbons (Fsp3) is 0.400. The predicted octanol–water partition coefficient (Wildman–Crippen LogP) is 2.55. The molecule has 2 aromatic rings. The molecule has 2 rings (SSSR count). The molecule has 0 aliphatic rings. The summed E-state index contributed by atoms with van der Waals surface area (Å²) in [6.45, 7) is 6.53. The van der Waals surface area contributed by atoms with Gasteiger partial charge in [-0.3, -0.25) is 4.79 Å². The van der Waals surface area contributed by atoms with Crippen molar-refractivity contribution in [2.45, 2.75) is 26.8 Å². The van der Waals surface area contributed by atoms with Crippen LogP contribution in [-0.4, -0.2) is 30.6 Å². The maximum Gasteiger partial charge on any atom is 0.251 e. The van der Waals surface area contributed by atoms with E-state index >= 15 is 0 Å². The van der Waals surface area contributed by atoms with Gasteiger partial charge in [0.2, 0.25) is 0 Å². The minimum atomic E-state index is -0.0651. The molecule has 0 unspecified atom stereocenters. The Morgan fingerprint density at radius 3 is 2.84 bits per heavy atom. The second kappa shape index (κ2) is 5.45. The van der Waals surface area contributed by atoms with Crippen molar-refractivity contribution in [1.29, 1.82) is 0 Å². The standard InChI is InChI=1S/C15H20N2O2/c1-9(8-19-4)16-15(18)12-5-6-14-13(7-12)10(2)11(3)17-14/h5-7,9,17H,8H2,1-4H3,(H,16,18)/t9-/m0/s1. The van der Waals surface area contributed by atoms with Crippen molar-refractivity contribution in [2.75, 3.05) is 13.7 Å². The van der Waals surface area contributed by atoms with Crippen molar-refractivity contribution in [3.8, 4) is 0 Å². The lowest BCUT2D eigenvalue weighted by Gasteiger charge is -2.12.